The molecule has 110 valence electrons. The van der Waals surface area contributed by atoms with Gasteiger partial charge in [0.2, 0.25) is 0 Å². The van der Waals surface area contributed by atoms with Crippen molar-refractivity contribution in [1.29, 1.82) is 0 Å². The molecule has 3 nitrogen and oxygen atoms in total. The molecule has 2 heterocycles. The third kappa shape index (κ3) is 2.64. The Balaban J connectivity index is 1.91. The molecule has 0 saturated carbocycles. The van der Waals surface area contributed by atoms with Crippen LogP contribution in [0.15, 0.2) is 91.3 Å². The molecule has 0 saturated heterocycles. The van der Waals surface area contributed by atoms with Gasteiger partial charge in [0, 0.05) is 23.5 Å². The zero-order valence-corrected chi connectivity index (χ0v) is 12.5. The maximum absolute atomic E-state index is 4.82. The smallest absolute Gasteiger partial charge is 0.0934 e. The molecule has 0 atom stereocenters. The van der Waals surface area contributed by atoms with Gasteiger partial charge in [-0.15, -0.1) is 0 Å². The van der Waals surface area contributed by atoms with Crippen molar-refractivity contribution in [3.05, 3.63) is 91.3 Å². The van der Waals surface area contributed by atoms with E-state index in [4.69, 9.17) is 5.10 Å². The van der Waals surface area contributed by atoms with Gasteiger partial charge in [-0.05, 0) is 30.3 Å². The molecule has 0 bridgehead atoms. The molecule has 0 aliphatic carbocycles. The van der Waals surface area contributed by atoms with Crippen molar-refractivity contribution in [2.45, 2.75) is 0 Å². The third-order valence-corrected chi connectivity index (χ3v) is 3.74. The van der Waals surface area contributed by atoms with Crippen LogP contribution in [0.5, 0.6) is 0 Å². The summed E-state index contributed by atoms with van der Waals surface area (Å²) in [5.74, 6) is 0. The third-order valence-electron chi connectivity index (χ3n) is 3.74. The van der Waals surface area contributed by atoms with Crippen molar-refractivity contribution >= 4 is 0 Å². The summed E-state index contributed by atoms with van der Waals surface area (Å²) in [7, 11) is 0. The van der Waals surface area contributed by atoms with Crippen LogP contribution in [-0.4, -0.2) is 14.8 Å². The van der Waals surface area contributed by atoms with E-state index in [1.807, 2.05) is 53.3 Å². The van der Waals surface area contributed by atoms with Crippen molar-refractivity contribution in [3.63, 3.8) is 0 Å². The van der Waals surface area contributed by atoms with E-state index in [0.29, 0.717) is 0 Å². The standard InChI is InChI=1S/C20H15N3/c1-3-8-16(9-4-1)19-14-20(17-10-7-13-21-15-17)23(22-19)18-11-5-2-6-12-18/h1-15H. The summed E-state index contributed by atoms with van der Waals surface area (Å²) in [5, 5.41) is 4.82. The van der Waals surface area contributed by atoms with Gasteiger partial charge in [-0.1, -0.05) is 48.5 Å². The van der Waals surface area contributed by atoms with Crippen LogP contribution in [0.2, 0.25) is 0 Å². The Morgan fingerprint density at radius 1 is 0.696 bits per heavy atom. The van der Waals surface area contributed by atoms with Crippen LogP contribution in [0.4, 0.5) is 0 Å². The molecule has 0 amide bonds. The molecule has 0 fully saturated rings. The van der Waals surface area contributed by atoms with Gasteiger partial charge in [0.25, 0.3) is 0 Å². The Labute approximate surface area is 134 Å². The van der Waals surface area contributed by atoms with Crippen LogP contribution in [0.25, 0.3) is 28.2 Å². The number of hydrogen-bond donors (Lipinski definition) is 0. The van der Waals surface area contributed by atoms with E-state index in [9.17, 15) is 0 Å². The average Bonchev–Trinajstić information content (AvgIpc) is 3.09. The monoisotopic (exact) mass is 297 g/mol. The van der Waals surface area contributed by atoms with Crippen molar-refractivity contribution < 1.29 is 0 Å². The molecular formula is C20H15N3. The van der Waals surface area contributed by atoms with E-state index in [1.165, 1.54) is 0 Å². The number of benzene rings is 2. The first-order valence-electron chi connectivity index (χ1n) is 7.53. The molecule has 0 radical (unpaired) electrons. The molecule has 0 unspecified atom stereocenters. The number of rotatable bonds is 3. The summed E-state index contributed by atoms with van der Waals surface area (Å²) in [6, 6.07) is 26.5. The minimum atomic E-state index is 0.952. The van der Waals surface area contributed by atoms with E-state index in [0.717, 1.165) is 28.2 Å². The summed E-state index contributed by atoms with van der Waals surface area (Å²) in [5.41, 5.74) is 5.17. The number of aromatic nitrogens is 3. The zero-order chi connectivity index (χ0) is 15.5. The largest absolute Gasteiger partial charge is 0.264 e. The van der Waals surface area contributed by atoms with Crippen LogP contribution in [-0.2, 0) is 0 Å². The van der Waals surface area contributed by atoms with Crippen LogP contribution >= 0.6 is 0 Å². The highest BCUT2D eigenvalue weighted by Crippen LogP contribution is 2.28. The maximum Gasteiger partial charge on any atom is 0.0934 e. The number of pyridine rings is 1. The van der Waals surface area contributed by atoms with Crippen LogP contribution in [0.1, 0.15) is 0 Å². The predicted octanol–water partition coefficient (Wildman–Crippen LogP) is 4.60. The van der Waals surface area contributed by atoms with Gasteiger partial charge in [-0.2, -0.15) is 5.10 Å². The second kappa shape index (κ2) is 5.89. The van der Waals surface area contributed by atoms with E-state index in [2.05, 4.69) is 41.4 Å². The van der Waals surface area contributed by atoms with E-state index >= 15 is 0 Å². The van der Waals surface area contributed by atoms with Gasteiger partial charge in [0.15, 0.2) is 0 Å². The number of para-hydroxylation sites is 1. The van der Waals surface area contributed by atoms with E-state index in [-0.39, 0.29) is 0 Å². The van der Waals surface area contributed by atoms with Gasteiger partial charge >= 0.3 is 0 Å². The zero-order valence-electron chi connectivity index (χ0n) is 12.5. The summed E-state index contributed by atoms with van der Waals surface area (Å²) < 4.78 is 1.97. The quantitative estimate of drug-likeness (QED) is 0.553. The molecule has 4 aromatic rings. The molecule has 0 spiro atoms. The van der Waals surface area contributed by atoms with Crippen molar-refractivity contribution in [1.82, 2.24) is 14.8 Å². The van der Waals surface area contributed by atoms with Crippen molar-refractivity contribution in [2.24, 2.45) is 0 Å². The lowest BCUT2D eigenvalue weighted by atomic mass is 10.1. The molecular weight excluding hydrogens is 282 g/mol. The topological polar surface area (TPSA) is 30.7 Å². The molecule has 3 heteroatoms. The highest BCUT2D eigenvalue weighted by molar-refractivity contribution is 5.70. The fourth-order valence-corrected chi connectivity index (χ4v) is 2.62. The fraction of sp³-hybridized carbons (Fsp3) is 0. The van der Waals surface area contributed by atoms with Gasteiger partial charge in [-0.25, -0.2) is 4.68 Å². The molecule has 2 aromatic carbocycles. The van der Waals surface area contributed by atoms with Gasteiger partial charge < -0.3 is 0 Å². The molecule has 4 rings (SSSR count). The highest BCUT2D eigenvalue weighted by Gasteiger charge is 2.12. The Hall–Kier alpha value is -3.20. The first kappa shape index (κ1) is 13.5. The lowest BCUT2D eigenvalue weighted by Crippen LogP contribution is -1.99. The Kier molecular flexibility index (Phi) is 3.45. The molecule has 2 aromatic heterocycles. The summed E-state index contributed by atoms with van der Waals surface area (Å²) in [6.45, 7) is 0. The Morgan fingerprint density at radius 3 is 2.09 bits per heavy atom. The van der Waals surface area contributed by atoms with Crippen LogP contribution in [0.3, 0.4) is 0 Å². The SMILES string of the molecule is c1ccc(-c2cc(-c3cccnc3)n(-c3ccccc3)n2)cc1. The molecule has 0 aliphatic rings. The minimum absolute atomic E-state index is 0.952. The Morgan fingerprint density at radius 2 is 1.39 bits per heavy atom. The second-order valence-corrected chi connectivity index (χ2v) is 5.27. The van der Waals surface area contributed by atoms with Crippen molar-refractivity contribution in [2.75, 3.05) is 0 Å². The Bertz CT molecular complexity index is 841. The highest BCUT2D eigenvalue weighted by atomic mass is 15.3. The van der Waals surface area contributed by atoms with Gasteiger partial charge in [0.1, 0.15) is 0 Å². The molecule has 0 aliphatic heterocycles. The minimum Gasteiger partial charge on any atom is -0.264 e. The van der Waals surface area contributed by atoms with E-state index < -0.39 is 0 Å². The lowest BCUT2D eigenvalue weighted by Gasteiger charge is -2.06. The van der Waals surface area contributed by atoms with Crippen LogP contribution in [0, 0.1) is 0 Å². The number of nitrogens with zero attached hydrogens (tertiary/aromatic N) is 3. The van der Waals surface area contributed by atoms with Gasteiger partial charge in [0.05, 0.1) is 17.1 Å². The summed E-state index contributed by atoms with van der Waals surface area (Å²) in [6.07, 6.45) is 3.65. The van der Waals surface area contributed by atoms with Crippen molar-refractivity contribution in [3.8, 4) is 28.2 Å². The predicted molar refractivity (Wildman–Crippen MR) is 92.2 cm³/mol. The second-order valence-electron chi connectivity index (χ2n) is 5.27. The van der Waals surface area contributed by atoms with Crippen LogP contribution < -0.4 is 0 Å². The normalized spacial score (nSPS) is 10.6. The molecule has 0 N–H and O–H groups in total. The summed E-state index contributed by atoms with van der Waals surface area (Å²) in [4.78, 5) is 4.24. The fourth-order valence-electron chi connectivity index (χ4n) is 2.62. The first-order chi connectivity index (χ1) is 11.4. The molecule has 23 heavy (non-hydrogen) atoms. The van der Waals surface area contributed by atoms with E-state index in [1.54, 1.807) is 6.20 Å². The van der Waals surface area contributed by atoms with Gasteiger partial charge in [-0.3, -0.25) is 4.98 Å². The lowest BCUT2D eigenvalue weighted by molar-refractivity contribution is 0.891. The first-order valence-corrected chi connectivity index (χ1v) is 7.53. The summed E-state index contributed by atoms with van der Waals surface area (Å²) >= 11 is 0. The number of hydrogen-bond acceptors (Lipinski definition) is 2. The average molecular weight is 297 g/mol. The maximum atomic E-state index is 4.82.